The summed E-state index contributed by atoms with van der Waals surface area (Å²) in [7, 11) is 0. The van der Waals surface area contributed by atoms with Crippen LogP contribution in [0.1, 0.15) is 45.4 Å². The van der Waals surface area contributed by atoms with Crippen LogP contribution in [0, 0.1) is 5.92 Å². The summed E-state index contributed by atoms with van der Waals surface area (Å²) in [6.07, 6.45) is 6.04. The van der Waals surface area contributed by atoms with Crippen LogP contribution in [0.4, 0.5) is 0 Å². The van der Waals surface area contributed by atoms with Gasteiger partial charge in [-0.2, -0.15) is 0 Å². The Morgan fingerprint density at radius 1 is 1.10 bits per heavy atom. The first kappa shape index (κ1) is 15.3. The Hall–Kier alpha value is -1.10. The normalized spacial score (nSPS) is 23.3. The largest absolute Gasteiger partial charge is 0.391 e. The average molecular weight is 282 g/mol. The van der Waals surface area contributed by atoms with Gasteiger partial charge in [-0.3, -0.25) is 9.59 Å². The van der Waals surface area contributed by atoms with Gasteiger partial charge in [0.25, 0.3) is 0 Å². The van der Waals surface area contributed by atoms with Gasteiger partial charge in [-0.15, -0.1) is 0 Å². The molecule has 2 rings (SSSR count). The highest BCUT2D eigenvalue weighted by Gasteiger charge is 2.32. The molecule has 1 unspecified atom stereocenters. The van der Waals surface area contributed by atoms with Crippen molar-refractivity contribution in [2.24, 2.45) is 5.92 Å². The summed E-state index contributed by atoms with van der Waals surface area (Å²) in [6, 6.07) is 0. The van der Waals surface area contributed by atoms with Gasteiger partial charge < -0.3 is 14.9 Å². The highest BCUT2D eigenvalue weighted by atomic mass is 16.3. The number of aliphatic hydroxyl groups excluding tert-OH is 1. The highest BCUT2D eigenvalue weighted by molar-refractivity contribution is 5.92. The quantitative estimate of drug-likeness (QED) is 0.818. The molecule has 1 saturated carbocycles. The van der Waals surface area contributed by atoms with Crippen molar-refractivity contribution in [3.8, 4) is 0 Å². The number of amides is 2. The minimum absolute atomic E-state index is 0.00212. The van der Waals surface area contributed by atoms with Gasteiger partial charge in [-0.05, 0) is 25.2 Å². The third-order valence-electron chi connectivity index (χ3n) is 4.45. The van der Waals surface area contributed by atoms with Gasteiger partial charge in [0.2, 0.25) is 11.8 Å². The second-order valence-electron chi connectivity index (χ2n) is 6.05. The zero-order chi connectivity index (χ0) is 14.5. The second-order valence-corrected chi connectivity index (χ2v) is 6.05. The molecule has 20 heavy (non-hydrogen) atoms. The molecular formula is C15H26N2O3. The van der Waals surface area contributed by atoms with E-state index in [1.165, 1.54) is 24.2 Å². The zero-order valence-electron chi connectivity index (χ0n) is 12.4. The van der Waals surface area contributed by atoms with Gasteiger partial charge in [0.1, 0.15) is 0 Å². The number of aliphatic hydroxyl groups is 1. The van der Waals surface area contributed by atoms with E-state index in [0.717, 1.165) is 19.3 Å². The van der Waals surface area contributed by atoms with Crippen molar-refractivity contribution in [3.05, 3.63) is 0 Å². The fraction of sp³-hybridized carbons (Fsp3) is 0.867. The van der Waals surface area contributed by atoms with E-state index in [4.69, 9.17) is 0 Å². The fourth-order valence-corrected chi connectivity index (χ4v) is 3.24. The monoisotopic (exact) mass is 282 g/mol. The second kappa shape index (κ2) is 7.07. The molecule has 2 aliphatic rings. The molecule has 1 saturated heterocycles. The van der Waals surface area contributed by atoms with Crippen molar-refractivity contribution in [2.45, 2.75) is 51.6 Å². The number of hydrogen-bond donors (Lipinski definition) is 1. The molecule has 0 spiro atoms. The average Bonchev–Trinajstić information content (AvgIpc) is 2.45. The van der Waals surface area contributed by atoms with Crippen LogP contribution in [0.3, 0.4) is 0 Å². The van der Waals surface area contributed by atoms with E-state index < -0.39 is 6.10 Å². The predicted molar refractivity (Wildman–Crippen MR) is 76.0 cm³/mol. The SMILES string of the molecule is CCCN1CC(=O)N(CC(O)C2CCCCC2)CC1=O. The summed E-state index contributed by atoms with van der Waals surface area (Å²) < 4.78 is 0. The van der Waals surface area contributed by atoms with Gasteiger partial charge in [0.05, 0.1) is 19.2 Å². The fourth-order valence-electron chi connectivity index (χ4n) is 3.24. The summed E-state index contributed by atoms with van der Waals surface area (Å²) in [5, 5.41) is 10.3. The first-order valence-corrected chi connectivity index (χ1v) is 7.85. The molecular weight excluding hydrogens is 256 g/mol. The molecule has 2 amide bonds. The van der Waals surface area contributed by atoms with E-state index in [-0.39, 0.29) is 24.9 Å². The van der Waals surface area contributed by atoms with Crippen LogP contribution >= 0.6 is 0 Å². The van der Waals surface area contributed by atoms with Gasteiger partial charge in [-0.25, -0.2) is 0 Å². The van der Waals surface area contributed by atoms with Crippen LogP contribution in [0.5, 0.6) is 0 Å². The number of β-amino-alcohol motifs (C(OH)–C–C–N with tert-alkyl or cyclic N) is 1. The molecule has 0 radical (unpaired) electrons. The molecule has 0 aromatic heterocycles. The molecule has 1 heterocycles. The molecule has 0 bridgehead atoms. The molecule has 1 aliphatic heterocycles. The van der Waals surface area contributed by atoms with Gasteiger partial charge in [-0.1, -0.05) is 26.2 Å². The smallest absolute Gasteiger partial charge is 0.242 e. The summed E-state index contributed by atoms with van der Waals surface area (Å²) in [5.74, 6) is 0.260. The molecule has 1 atom stereocenters. The van der Waals surface area contributed by atoms with Crippen molar-refractivity contribution in [3.63, 3.8) is 0 Å². The van der Waals surface area contributed by atoms with E-state index in [0.29, 0.717) is 19.0 Å². The van der Waals surface area contributed by atoms with Gasteiger partial charge in [0.15, 0.2) is 0 Å². The predicted octanol–water partition coefficient (Wildman–Crippen LogP) is 1.01. The van der Waals surface area contributed by atoms with E-state index in [1.807, 2.05) is 6.92 Å². The number of rotatable bonds is 5. The molecule has 114 valence electrons. The number of carbonyl (C=O) groups is 2. The van der Waals surface area contributed by atoms with Gasteiger partial charge >= 0.3 is 0 Å². The van der Waals surface area contributed by atoms with Crippen LogP contribution in [-0.2, 0) is 9.59 Å². The number of hydrogen-bond acceptors (Lipinski definition) is 3. The number of carbonyl (C=O) groups excluding carboxylic acids is 2. The number of nitrogens with zero attached hydrogens (tertiary/aromatic N) is 2. The van der Waals surface area contributed by atoms with Crippen molar-refractivity contribution < 1.29 is 14.7 Å². The van der Waals surface area contributed by atoms with Crippen LogP contribution in [0.25, 0.3) is 0 Å². The Bertz CT molecular complexity index is 353. The van der Waals surface area contributed by atoms with Crippen molar-refractivity contribution in [1.82, 2.24) is 9.80 Å². The molecule has 5 heteroatoms. The van der Waals surface area contributed by atoms with E-state index >= 15 is 0 Å². The first-order chi connectivity index (χ1) is 9.61. The molecule has 2 fully saturated rings. The minimum atomic E-state index is -0.482. The number of piperazine rings is 1. The van der Waals surface area contributed by atoms with Crippen molar-refractivity contribution in [2.75, 3.05) is 26.2 Å². The zero-order valence-corrected chi connectivity index (χ0v) is 12.4. The Kier molecular flexibility index (Phi) is 5.40. The molecule has 1 N–H and O–H groups in total. The van der Waals surface area contributed by atoms with Crippen molar-refractivity contribution in [1.29, 1.82) is 0 Å². The Labute approximate surface area is 120 Å². The lowest BCUT2D eigenvalue weighted by Gasteiger charge is -2.36. The summed E-state index contributed by atoms with van der Waals surface area (Å²) in [5.41, 5.74) is 0. The Morgan fingerprint density at radius 2 is 1.70 bits per heavy atom. The third-order valence-corrected chi connectivity index (χ3v) is 4.45. The maximum absolute atomic E-state index is 12.1. The highest BCUT2D eigenvalue weighted by Crippen LogP contribution is 2.27. The van der Waals surface area contributed by atoms with E-state index in [2.05, 4.69) is 0 Å². The third kappa shape index (κ3) is 3.72. The Morgan fingerprint density at radius 3 is 2.35 bits per heavy atom. The lowest BCUT2D eigenvalue weighted by Crippen LogP contribution is -2.56. The van der Waals surface area contributed by atoms with Crippen LogP contribution in [0.15, 0.2) is 0 Å². The molecule has 1 aliphatic carbocycles. The maximum Gasteiger partial charge on any atom is 0.242 e. The van der Waals surface area contributed by atoms with Crippen LogP contribution in [-0.4, -0.2) is 59.0 Å². The standard InChI is InChI=1S/C15H26N2O3/c1-2-8-16-10-15(20)17(11-14(16)19)9-13(18)12-6-4-3-5-7-12/h12-13,18H,2-11H2,1H3. The van der Waals surface area contributed by atoms with Crippen LogP contribution < -0.4 is 0 Å². The molecule has 0 aromatic rings. The summed E-state index contributed by atoms with van der Waals surface area (Å²) >= 11 is 0. The first-order valence-electron chi connectivity index (χ1n) is 7.85. The van der Waals surface area contributed by atoms with Crippen molar-refractivity contribution >= 4 is 11.8 Å². The maximum atomic E-state index is 12.1. The van der Waals surface area contributed by atoms with Gasteiger partial charge in [0, 0.05) is 13.1 Å². The Balaban J connectivity index is 1.86. The lowest BCUT2D eigenvalue weighted by atomic mass is 9.85. The van der Waals surface area contributed by atoms with Crippen LogP contribution in [0.2, 0.25) is 0 Å². The molecule has 0 aromatic carbocycles. The molecule has 5 nitrogen and oxygen atoms in total. The van der Waals surface area contributed by atoms with E-state index in [1.54, 1.807) is 4.90 Å². The lowest BCUT2D eigenvalue weighted by molar-refractivity contribution is -0.151. The van der Waals surface area contributed by atoms with E-state index in [9.17, 15) is 14.7 Å². The minimum Gasteiger partial charge on any atom is -0.391 e. The summed E-state index contributed by atoms with van der Waals surface area (Å²) in [6.45, 7) is 3.25. The summed E-state index contributed by atoms with van der Waals surface area (Å²) in [4.78, 5) is 27.2. The topological polar surface area (TPSA) is 60.9 Å².